The number of nitrogens with zero attached hydrogens (tertiary/aromatic N) is 3. The van der Waals surface area contributed by atoms with Crippen molar-refractivity contribution in [3.63, 3.8) is 0 Å². The van der Waals surface area contributed by atoms with Crippen LogP contribution in [0.5, 0.6) is 0 Å². The molecule has 3 heteroatoms. The number of hydrogen-bond donors (Lipinski definition) is 0. The van der Waals surface area contributed by atoms with Crippen molar-refractivity contribution < 1.29 is 24.7 Å². The SMILES string of the molecule is [2H]c1c([2H])c([2H])c(-c2c([2H])c([2H])c(-c3nc(-c4ccc(-c5c6ccccc6cc6c5ccc5ccccc56)cc4)nc(-c4c([2H])c([2H])c([2H])c([2H])c4-c4c([2H])c([2H])c([2H])c([2H])c4[2H])n3)c([2H])c2[2H])c([2H])c1[2H]. The average molecular weight is 706 g/mol. The zero-order valence-electron chi connectivity index (χ0n) is 46.0. The Labute approximate surface area is 339 Å². The summed E-state index contributed by atoms with van der Waals surface area (Å²) in [5, 5.41) is 6.07. The zero-order chi connectivity index (χ0) is 51.5. The van der Waals surface area contributed by atoms with Gasteiger partial charge in [0.15, 0.2) is 17.5 Å². The van der Waals surface area contributed by atoms with Gasteiger partial charge in [-0.15, -0.1) is 0 Å². The van der Waals surface area contributed by atoms with Crippen LogP contribution in [0, 0.1) is 0 Å². The van der Waals surface area contributed by atoms with Crippen molar-refractivity contribution >= 4 is 32.3 Å². The molecule has 0 saturated carbocycles. The number of fused-ring (bicyclic) bond motifs is 4. The van der Waals surface area contributed by atoms with E-state index >= 15 is 0 Å². The fraction of sp³-hybridized carbons (Fsp3) is 0. The Morgan fingerprint density at radius 2 is 0.852 bits per heavy atom. The first-order chi connectivity index (χ1) is 34.2. The van der Waals surface area contributed by atoms with E-state index in [2.05, 4.69) is 39.2 Å². The molecule has 1 heterocycles. The van der Waals surface area contributed by atoms with E-state index in [-0.39, 0.29) is 11.4 Å². The minimum absolute atomic E-state index is 0.207. The summed E-state index contributed by atoms with van der Waals surface area (Å²) in [5.74, 6) is -1.33. The van der Waals surface area contributed by atoms with Gasteiger partial charge >= 0.3 is 0 Å². The minimum Gasteiger partial charge on any atom is -0.208 e. The van der Waals surface area contributed by atoms with Gasteiger partial charge in [0.25, 0.3) is 0 Å². The zero-order valence-corrected chi connectivity index (χ0v) is 28.0. The molecule has 0 atom stereocenters. The molecule has 3 nitrogen and oxygen atoms in total. The maximum Gasteiger partial charge on any atom is 0.164 e. The standard InChI is InChI=1S/C51H33N3/c1-3-13-34(14-4-1)35-23-27-39(28-24-35)49-52-50(54-51(53-49)46-22-12-11-19-42(46)36-15-5-2-6-16-36)40-29-25-38(26-30-40)48-44-21-10-8-18-41(44)33-47-43-20-9-7-17-37(43)31-32-45(47)48/h1-33H/i1D,2D,3D,4D,5D,6D,11D,12D,13D,14D,15D,16D,19D,22D,23D,24D,27D,28D. The van der Waals surface area contributed by atoms with E-state index in [4.69, 9.17) is 20.6 Å². The fourth-order valence-corrected chi connectivity index (χ4v) is 6.61. The second-order valence-corrected chi connectivity index (χ2v) is 12.2. The molecule has 0 aliphatic heterocycles. The Morgan fingerprint density at radius 1 is 0.315 bits per heavy atom. The third kappa shape index (κ3) is 5.69. The molecule has 0 bridgehead atoms. The van der Waals surface area contributed by atoms with Gasteiger partial charge in [-0.1, -0.05) is 194 Å². The van der Waals surface area contributed by atoms with E-state index in [0.717, 1.165) is 43.4 Å². The van der Waals surface area contributed by atoms with E-state index in [1.54, 1.807) is 12.1 Å². The van der Waals surface area contributed by atoms with Crippen molar-refractivity contribution in [2.75, 3.05) is 0 Å². The van der Waals surface area contributed by atoms with E-state index in [0.29, 0.717) is 0 Å². The van der Waals surface area contributed by atoms with Crippen LogP contribution in [0.4, 0.5) is 0 Å². The lowest BCUT2D eigenvalue weighted by atomic mass is 9.89. The Hall–Kier alpha value is -7.23. The van der Waals surface area contributed by atoms with Gasteiger partial charge < -0.3 is 0 Å². The lowest BCUT2D eigenvalue weighted by Crippen LogP contribution is -2.01. The van der Waals surface area contributed by atoms with Crippen molar-refractivity contribution in [1.82, 2.24) is 15.0 Å². The van der Waals surface area contributed by atoms with Crippen molar-refractivity contribution in [3.8, 4) is 67.5 Å². The Morgan fingerprint density at radius 3 is 1.59 bits per heavy atom. The van der Waals surface area contributed by atoms with Gasteiger partial charge in [-0.2, -0.15) is 0 Å². The summed E-state index contributed by atoms with van der Waals surface area (Å²) >= 11 is 0. The highest BCUT2D eigenvalue weighted by atomic mass is 15.0. The smallest absolute Gasteiger partial charge is 0.164 e. The fourth-order valence-electron chi connectivity index (χ4n) is 6.61. The van der Waals surface area contributed by atoms with Gasteiger partial charge in [0.2, 0.25) is 0 Å². The van der Waals surface area contributed by atoms with Gasteiger partial charge in [0.1, 0.15) is 0 Å². The summed E-state index contributed by atoms with van der Waals surface area (Å²) in [6.45, 7) is 0. The van der Waals surface area contributed by atoms with E-state index in [1.165, 1.54) is 0 Å². The molecule has 0 radical (unpaired) electrons. The maximum absolute atomic E-state index is 9.27. The van der Waals surface area contributed by atoms with Crippen LogP contribution in [0.15, 0.2) is 200 Å². The first-order valence-corrected chi connectivity index (χ1v) is 16.8. The van der Waals surface area contributed by atoms with Gasteiger partial charge in [-0.05, 0) is 71.8 Å². The molecule has 9 aromatic carbocycles. The van der Waals surface area contributed by atoms with Crippen LogP contribution >= 0.6 is 0 Å². The molecule has 54 heavy (non-hydrogen) atoms. The largest absolute Gasteiger partial charge is 0.208 e. The number of aromatic nitrogens is 3. The van der Waals surface area contributed by atoms with Crippen LogP contribution in [-0.2, 0) is 0 Å². The summed E-state index contributed by atoms with van der Waals surface area (Å²) in [6.07, 6.45) is 0. The molecule has 0 aliphatic carbocycles. The topological polar surface area (TPSA) is 38.7 Å². The van der Waals surface area contributed by atoms with Crippen molar-refractivity contribution in [2.45, 2.75) is 0 Å². The normalized spacial score (nSPS) is 16.0. The molecule has 10 aromatic rings. The molecule has 0 spiro atoms. The predicted molar refractivity (Wildman–Crippen MR) is 225 cm³/mol. The molecule has 0 fully saturated rings. The molecular formula is C51H33N3. The monoisotopic (exact) mass is 705 g/mol. The summed E-state index contributed by atoms with van der Waals surface area (Å²) in [6, 6.07) is 15.0. The van der Waals surface area contributed by atoms with E-state index in [1.807, 2.05) is 54.6 Å². The Bertz CT molecular complexity index is 3940. The van der Waals surface area contributed by atoms with Crippen LogP contribution in [0.2, 0.25) is 0 Å². The molecule has 0 amide bonds. The van der Waals surface area contributed by atoms with E-state index in [9.17, 15) is 4.11 Å². The highest BCUT2D eigenvalue weighted by molar-refractivity contribution is 6.20. The van der Waals surface area contributed by atoms with Crippen LogP contribution in [-0.4, -0.2) is 15.0 Å². The molecule has 1 aromatic heterocycles. The van der Waals surface area contributed by atoms with Crippen LogP contribution in [0.3, 0.4) is 0 Å². The number of benzene rings is 9. The molecule has 0 unspecified atom stereocenters. The summed E-state index contributed by atoms with van der Waals surface area (Å²) in [5.41, 5.74) is -1.49. The first kappa shape index (κ1) is 18.0. The Balaban J connectivity index is 1.26. The quantitative estimate of drug-likeness (QED) is 0.128. The lowest BCUT2D eigenvalue weighted by molar-refractivity contribution is 1.07. The predicted octanol–water partition coefficient (Wildman–Crippen LogP) is 13.3. The maximum atomic E-state index is 9.27. The number of rotatable bonds is 6. The molecule has 0 saturated heterocycles. The second kappa shape index (κ2) is 13.4. The van der Waals surface area contributed by atoms with Gasteiger partial charge in [-0.25, -0.2) is 15.0 Å². The summed E-state index contributed by atoms with van der Waals surface area (Å²) < 4.78 is 157. The van der Waals surface area contributed by atoms with Crippen molar-refractivity contribution in [2.24, 2.45) is 0 Å². The third-order valence-corrected chi connectivity index (χ3v) is 9.10. The lowest BCUT2D eigenvalue weighted by Gasteiger charge is -2.15. The third-order valence-electron chi connectivity index (χ3n) is 9.10. The first-order valence-electron chi connectivity index (χ1n) is 25.8. The van der Waals surface area contributed by atoms with E-state index < -0.39 is 154 Å². The molecule has 0 aliphatic rings. The summed E-state index contributed by atoms with van der Waals surface area (Å²) in [7, 11) is 0. The van der Waals surface area contributed by atoms with Gasteiger partial charge in [0.05, 0.1) is 24.7 Å². The van der Waals surface area contributed by atoms with Crippen LogP contribution < -0.4 is 0 Å². The number of hydrogen-bond acceptors (Lipinski definition) is 3. The highest BCUT2D eigenvalue weighted by Crippen LogP contribution is 2.40. The van der Waals surface area contributed by atoms with Crippen LogP contribution in [0.25, 0.3) is 99.9 Å². The van der Waals surface area contributed by atoms with Gasteiger partial charge in [0, 0.05) is 16.7 Å². The second-order valence-electron chi connectivity index (χ2n) is 12.2. The molecular weight excluding hydrogens is 655 g/mol. The molecule has 252 valence electrons. The van der Waals surface area contributed by atoms with Crippen molar-refractivity contribution in [1.29, 1.82) is 0 Å². The van der Waals surface area contributed by atoms with Gasteiger partial charge in [-0.3, -0.25) is 0 Å². The summed E-state index contributed by atoms with van der Waals surface area (Å²) in [4.78, 5) is 13.9. The highest BCUT2D eigenvalue weighted by Gasteiger charge is 2.17. The minimum atomic E-state index is -0.825. The Kier molecular flexibility index (Phi) is 4.46. The molecule has 10 rings (SSSR count). The van der Waals surface area contributed by atoms with Crippen molar-refractivity contribution in [3.05, 3.63) is 200 Å². The average Bonchev–Trinajstić information content (AvgIpc) is 3.39. The molecule has 0 N–H and O–H groups in total. The van der Waals surface area contributed by atoms with Crippen LogP contribution in [0.1, 0.15) is 24.7 Å².